The Labute approximate surface area is 113 Å². The number of halogens is 1. The Kier molecular flexibility index (Phi) is 3.93. The summed E-state index contributed by atoms with van der Waals surface area (Å²) in [6, 6.07) is 8.05. The number of aliphatic carboxylic acids is 1. The van der Waals surface area contributed by atoms with E-state index in [0.717, 1.165) is 12.0 Å². The van der Waals surface area contributed by atoms with Crippen LogP contribution in [0.4, 0.5) is 4.39 Å². The maximum absolute atomic E-state index is 13.2. The number of hydrogen-bond donors (Lipinski definition) is 1. The lowest BCUT2D eigenvalue weighted by Crippen LogP contribution is -2.44. The molecular formula is C16H21FO2. The Hall–Kier alpha value is -1.38. The van der Waals surface area contributed by atoms with Gasteiger partial charge in [0.2, 0.25) is 0 Å². The van der Waals surface area contributed by atoms with Crippen LogP contribution >= 0.6 is 0 Å². The van der Waals surface area contributed by atoms with Gasteiger partial charge in [0.25, 0.3) is 0 Å². The summed E-state index contributed by atoms with van der Waals surface area (Å²) in [6.07, 6.45) is 0.857. The highest BCUT2D eigenvalue weighted by atomic mass is 19.1. The van der Waals surface area contributed by atoms with Crippen LogP contribution in [0.25, 0.3) is 0 Å². The maximum Gasteiger partial charge on any atom is 0.304 e. The van der Waals surface area contributed by atoms with Crippen LogP contribution in [0.3, 0.4) is 0 Å². The van der Waals surface area contributed by atoms with Gasteiger partial charge in [0.05, 0.1) is 6.42 Å². The van der Waals surface area contributed by atoms with Crippen LogP contribution in [0.15, 0.2) is 24.3 Å². The van der Waals surface area contributed by atoms with E-state index in [1.807, 2.05) is 24.3 Å². The van der Waals surface area contributed by atoms with Gasteiger partial charge in [-0.3, -0.25) is 4.79 Å². The van der Waals surface area contributed by atoms with Crippen molar-refractivity contribution in [2.75, 3.05) is 0 Å². The molecule has 1 aromatic rings. The van der Waals surface area contributed by atoms with Crippen LogP contribution < -0.4 is 0 Å². The monoisotopic (exact) mass is 264 g/mol. The summed E-state index contributed by atoms with van der Waals surface area (Å²) >= 11 is 0. The van der Waals surface area contributed by atoms with Crippen LogP contribution in [-0.2, 0) is 16.6 Å². The van der Waals surface area contributed by atoms with Gasteiger partial charge in [0.15, 0.2) is 0 Å². The average Bonchev–Trinajstić information content (AvgIpc) is 2.26. The third kappa shape index (κ3) is 3.14. The highest BCUT2D eigenvalue weighted by Crippen LogP contribution is 2.48. The molecule has 104 valence electrons. The molecule has 0 aromatic heterocycles. The molecule has 1 saturated carbocycles. The normalized spacial score (nSPS) is 26.2. The summed E-state index contributed by atoms with van der Waals surface area (Å²) in [5, 5.41) is 9.01. The summed E-state index contributed by atoms with van der Waals surface area (Å²) in [4.78, 5) is 11.0. The third-order valence-electron chi connectivity index (χ3n) is 3.92. The summed E-state index contributed by atoms with van der Waals surface area (Å²) in [7, 11) is 0. The lowest BCUT2D eigenvalue weighted by atomic mass is 9.61. The van der Waals surface area contributed by atoms with E-state index in [0.29, 0.717) is 18.8 Å². The van der Waals surface area contributed by atoms with E-state index in [4.69, 9.17) is 5.11 Å². The van der Waals surface area contributed by atoms with Gasteiger partial charge in [-0.25, -0.2) is 4.39 Å². The molecule has 0 radical (unpaired) electrons. The molecule has 2 nitrogen and oxygen atoms in total. The van der Waals surface area contributed by atoms with Gasteiger partial charge < -0.3 is 5.11 Å². The van der Waals surface area contributed by atoms with Gasteiger partial charge in [0.1, 0.15) is 6.17 Å². The van der Waals surface area contributed by atoms with Crippen molar-refractivity contribution in [1.82, 2.24) is 0 Å². The molecular weight excluding hydrogens is 243 g/mol. The Morgan fingerprint density at radius 2 is 1.95 bits per heavy atom. The Morgan fingerprint density at radius 1 is 1.37 bits per heavy atom. The molecule has 3 heteroatoms. The second-order valence-electron chi connectivity index (χ2n) is 6.15. The van der Waals surface area contributed by atoms with Gasteiger partial charge in [-0.15, -0.1) is 0 Å². The van der Waals surface area contributed by atoms with Crippen LogP contribution in [0.1, 0.15) is 44.2 Å². The number of alkyl halides is 1. The fourth-order valence-corrected chi connectivity index (χ4v) is 3.03. The summed E-state index contributed by atoms with van der Waals surface area (Å²) in [6.45, 7) is 4.33. The predicted molar refractivity (Wildman–Crippen MR) is 73.0 cm³/mol. The SMILES string of the molecule is CC(C)Cc1ccc(C2(CC(=O)O)CC(F)C2)cc1. The number of benzene rings is 1. The summed E-state index contributed by atoms with van der Waals surface area (Å²) in [5.74, 6) is -0.254. The van der Waals surface area contributed by atoms with Gasteiger partial charge in [0, 0.05) is 5.41 Å². The molecule has 0 heterocycles. The van der Waals surface area contributed by atoms with E-state index in [1.54, 1.807) is 0 Å². The zero-order valence-electron chi connectivity index (χ0n) is 11.5. The van der Waals surface area contributed by atoms with Crippen molar-refractivity contribution in [2.45, 2.75) is 51.1 Å². The Morgan fingerprint density at radius 3 is 2.37 bits per heavy atom. The van der Waals surface area contributed by atoms with Crippen molar-refractivity contribution < 1.29 is 14.3 Å². The molecule has 1 N–H and O–H groups in total. The number of carbonyl (C=O) groups is 1. The fourth-order valence-electron chi connectivity index (χ4n) is 3.03. The fraction of sp³-hybridized carbons (Fsp3) is 0.562. The van der Waals surface area contributed by atoms with Crippen molar-refractivity contribution >= 4 is 5.97 Å². The topological polar surface area (TPSA) is 37.3 Å². The van der Waals surface area contributed by atoms with Gasteiger partial charge in [-0.1, -0.05) is 38.1 Å². The molecule has 1 fully saturated rings. The second kappa shape index (κ2) is 5.32. The lowest BCUT2D eigenvalue weighted by Gasteiger charge is -2.44. The maximum atomic E-state index is 13.2. The van der Waals surface area contributed by atoms with Crippen LogP contribution in [0.5, 0.6) is 0 Å². The molecule has 0 unspecified atom stereocenters. The molecule has 1 aliphatic rings. The molecule has 0 atom stereocenters. The van der Waals surface area contributed by atoms with Gasteiger partial charge in [-0.2, -0.15) is 0 Å². The van der Waals surface area contributed by atoms with E-state index < -0.39 is 17.6 Å². The van der Waals surface area contributed by atoms with Crippen molar-refractivity contribution in [2.24, 2.45) is 5.92 Å². The van der Waals surface area contributed by atoms with Crippen LogP contribution in [-0.4, -0.2) is 17.2 Å². The second-order valence-corrected chi connectivity index (χ2v) is 6.15. The zero-order chi connectivity index (χ0) is 14.0. The first-order chi connectivity index (χ1) is 8.91. The number of carboxylic acids is 1. The molecule has 1 aliphatic carbocycles. The van der Waals surface area contributed by atoms with Gasteiger partial charge in [-0.05, 0) is 36.3 Å². The minimum absolute atomic E-state index is 0.0247. The number of carboxylic acid groups (broad SMARTS) is 1. The molecule has 0 bridgehead atoms. The lowest BCUT2D eigenvalue weighted by molar-refractivity contribution is -0.140. The molecule has 0 saturated heterocycles. The predicted octanol–water partition coefficient (Wildman–Crippen LogP) is 3.73. The van der Waals surface area contributed by atoms with Crippen molar-refractivity contribution in [3.8, 4) is 0 Å². The molecule has 19 heavy (non-hydrogen) atoms. The highest BCUT2D eigenvalue weighted by molar-refractivity contribution is 5.69. The van der Waals surface area contributed by atoms with E-state index in [-0.39, 0.29) is 6.42 Å². The first-order valence-electron chi connectivity index (χ1n) is 6.86. The number of hydrogen-bond acceptors (Lipinski definition) is 1. The van der Waals surface area contributed by atoms with Crippen LogP contribution in [0, 0.1) is 5.92 Å². The average molecular weight is 264 g/mol. The van der Waals surface area contributed by atoms with Crippen molar-refractivity contribution in [3.05, 3.63) is 35.4 Å². The smallest absolute Gasteiger partial charge is 0.304 e. The Balaban J connectivity index is 2.16. The van der Waals surface area contributed by atoms with Crippen molar-refractivity contribution in [3.63, 3.8) is 0 Å². The third-order valence-corrected chi connectivity index (χ3v) is 3.92. The molecule has 0 amide bonds. The standard InChI is InChI=1S/C16H21FO2/c1-11(2)7-12-3-5-13(6-4-12)16(10-15(18)19)8-14(17)9-16/h3-6,11,14H,7-10H2,1-2H3,(H,18,19). The minimum Gasteiger partial charge on any atom is -0.481 e. The van der Waals surface area contributed by atoms with Crippen molar-refractivity contribution in [1.29, 1.82) is 0 Å². The van der Waals surface area contributed by atoms with Crippen LogP contribution in [0.2, 0.25) is 0 Å². The molecule has 0 aliphatic heterocycles. The first kappa shape index (κ1) is 14.0. The van der Waals surface area contributed by atoms with Gasteiger partial charge >= 0.3 is 5.97 Å². The van der Waals surface area contributed by atoms with E-state index in [2.05, 4.69) is 13.8 Å². The summed E-state index contributed by atoms with van der Waals surface area (Å²) in [5.41, 5.74) is 1.73. The Bertz CT molecular complexity index is 444. The first-order valence-corrected chi connectivity index (χ1v) is 6.86. The molecule has 0 spiro atoms. The molecule has 2 rings (SSSR count). The molecule has 1 aromatic carbocycles. The largest absolute Gasteiger partial charge is 0.481 e. The van der Waals surface area contributed by atoms with E-state index in [1.165, 1.54) is 5.56 Å². The summed E-state index contributed by atoms with van der Waals surface area (Å²) < 4.78 is 13.2. The number of rotatable bonds is 5. The van der Waals surface area contributed by atoms with E-state index >= 15 is 0 Å². The minimum atomic E-state index is -0.852. The highest BCUT2D eigenvalue weighted by Gasteiger charge is 2.47. The zero-order valence-corrected chi connectivity index (χ0v) is 11.5. The van der Waals surface area contributed by atoms with E-state index in [9.17, 15) is 9.18 Å². The quantitative estimate of drug-likeness (QED) is 0.879.